The lowest BCUT2D eigenvalue weighted by Gasteiger charge is -2.24. The topological polar surface area (TPSA) is 109 Å². The standard InChI is InChI=1S/C24H20N2O6/c1-30-15-6-7-17-16(12-15)14(13-25-17)8-9-26-21(18-4-2-10-31-18)20(23(28)24(26)29)22(27)19-5-3-11-32-19/h2-7,10-13,21,25,28H,8-9H2,1H3/t21-/m0/s1. The van der Waals surface area contributed by atoms with E-state index in [-0.39, 0.29) is 17.9 Å². The number of Topliss-reactive ketones (excluding diaryl/α,β-unsaturated/α-hetero) is 1. The number of nitrogens with one attached hydrogen (secondary N) is 1. The van der Waals surface area contributed by atoms with Gasteiger partial charge in [-0.25, -0.2) is 0 Å². The van der Waals surface area contributed by atoms with Crippen LogP contribution in [0.1, 0.15) is 27.9 Å². The molecule has 2 N–H and O–H groups in total. The van der Waals surface area contributed by atoms with Gasteiger partial charge in [-0.3, -0.25) is 9.59 Å². The van der Waals surface area contributed by atoms with Gasteiger partial charge < -0.3 is 28.6 Å². The Morgan fingerprint density at radius 3 is 2.72 bits per heavy atom. The smallest absolute Gasteiger partial charge is 0.290 e. The lowest BCUT2D eigenvalue weighted by Crippen LogP contribution is -2.32. The molecule has 8 nitrogen and oxygen atoms in total. The highest BCUT2D eigenvalue weighted by Crippen LogP contribution is 2.39. The van der Waals surface area contributed by atoms with E-state index in [0.717, 1.165) is 22.2 Å². The molecule has 4 aromatic rings. The second-order valence-electron chi connectivity index (χ2n) is 7.46. The van der Waals surface area contributed by atoms with Crippen LogP contribution in [-0.2, 0) is 11.2 Å². The Labute approximate surface area is 182 Å². The van der Waals surface area contributed by atoms with Crippen LogP contribution in [0.25, 0.3) is 10.9 Å². The van der Waals surface area contributed by atoms with Crippen molar-refractivity contribution < 1.29 is 28.3 Å². The molecule has 0 fully saturated rings. The van der Waals surface area contributed by atoms with E-state index in [9.17, 15) is 14.7 Å². The summed E-state index contributed by atoms with van der Waals surface area (Å²) in [6.45, 7) is 0.257. The number of rotatable bonds is 7. The summed E-state index contributed by atoms with van der Waals surface area (Å²) in [4.78, 5) is 30.7. The Balaban J connectivity index is 1.47. The van der Waals surface area contributed by atoms with Gasteiger partial charge in [0, 0.05) is 23.6 Å². The van der Waals surface area contributed by atoms with Crippen molar-refractivity contribution in [1.82, 2.24) is 9.88 Å². The first kappa shape index (κ1) is 19.7. The van der Waals surface area contributed by atoms with Crippen LogP contribution in [-0.4, -0.2) is 40.3 Å². The van der Waals surface area contributed by atoms with Gasteiger partial charge in [-0.1, -0.05) is 0 Å². The second-order valence-corrected chi connectivity index (χ2v) is 7.46. The first-order valence-corrected chi connectivity index (χ1v) is 10.1. The minimum absolute atomic E-state index is 0.0430. The van der Waals surface area contributed by atoms with E-state index >= 15 is 0 Å². The van der Waals surface area contributed by atoms with Gasteiger partial charge in [0.1, 0.15) is 17.6 Å². The van der Waals surface area contributed by atoms with E-state index in [1.165, 1.54) is 23.5 Å². The van der Waals surface area contributed by atoms with Crippen LogP contribution in [0.4, 0.5) is 0 Å². The molecule has 0 saturated carbocycles. The second kappa shape index (κ2) is 7.81. The number of carbonyl (C=O) groups is 2. The molecule has 0 radical (unpaired) electrons. The van der Waals surface area contributed by atoms with Crippen LogP contribution < -0.4 is 4.74 Å². The summed E-state index contributed by atoms with van der Waals surface area (Å²) < 4.78 is 16.1. The number of ether oxygens (including phenoxy) is 1. The largest absolute Gasteiger partial charge is 0.503 e. The van der Waals surface area contributed by atoms with Gasteiger partial charge in [0.15, 0.2) is 11.5 Å². The first-order valence-electron chi connectivity index (χ1n) is 10.1. The van der Waals surface area contributed by atoms with E-state index in [1.54, 1.807) is 25.3 Å². The summed E-state index contributed by atoms with van der Waals surface area (Å²) in [6, 6.07) is 11.3. The van der Waals surface area contributed by atoms with Crippen LogP contribution in [0.15, 0.2) is 81.4 Å². The zero-order chi connectivity index (χ0) is 22.2. The van der Waals surface area contributed by atoms with Crippen LogP contribution in [0, 0.1) is 0 Å². The van der Waals surface area contributed by atoms with E-state index in [0.29, 0.717) is 12.2 Å². The lowest BCUT2D eigenvalue weighted by atomic mass is 9.99. The number of aromatic nitrogens is 1. The summed E-state index contributed by atoms with van der Waals surface area (Å²) in [5.74, 6) is -0.609. The van der Waals surface area contributed by atoms with Crippen LogP contribution in [0.3, 0.4) is 0 Å². The van der Waals surface area contributed by atoms with Crippen molar-refractivity contribution in [2.75, 3.05) is 13.7 Å². The van der Waals surface area contributed by atoms with Crippen LogP contribution in [0.2, 0.25) is 0 Å². The molecular weight excluding hydrogens is 412 g/mol. The van der Waals surface area contributed by atoms with E-state index in [2.05, 4.69) is 4.98 Å². The maximum Gasteiger partial charge on any atom is 0.290 e. The summed E-state index contributed by atoms with van der Waals surface area (Å²) in [5.41, 5.74) is 1.88. The van der Waals surface area contributed by atoms with Crippen LogP contribution in [0.5, 0.6) is 5.75 Å². The molecule has 0 unspecified atom stereocenters. The van der Waals surface area contributed by atoms with Gasteiger partial charge in [-0.2, -0.15) is 0 Å². The van der Waals surface area contributed by atoms with Crippen molar-refractivity contribution in [3.63, 3.8) is 0 Å². The number of aliphatic hydroxyl groups excluding tert-OH is 1. The minimum atomic E-state index is -0.852. The fourth-order valence-electron chi connectivity index (χ4n) is 4.13. The molecule has 1 aromatic carbocycles. The van der Waals surface area contributed by atoms with Crippen molar-refractivity contribution in [2.24, 2.45) is 0 Å². The van der Waals surface area contributed by atoms with Gasteiger partial charge in [0.2, 0.25) is 5.78 Å². The molecule has 162 valence electrons. The number of amides is 1. The predicted molar refractivity (Wildman–Crippen MR) is 114 cm³/mol. The fourth-order valence-corrected chi connectivity index (χ4v) is 4.13. The van der Waals surface area contributed by atoms with Gasteiger partial charge in [0.25, 0.3) is 5.91 Å². The summed E-state index contributed by atoms with van der Waals surface area (Å²) in [7, 11) is 1.61. The number of ketones is 1. The SMILES string of the molecule is COc1ccc2[nH]cc(CCN3C(=O)C(O)=C(C(=O)c4ccco4)[C@@H]3c3ccco3)c2c1. The molecule has 3 aromatic heterocycles. The molecule has 0 aliphatic carbocycles. The Morgan fingerprint density at radius 2 is 2.00 bits per heavy atom. The Morgan fingerprint density at radius 1 is 1.19 bits per heavy atom. The third-order valence-corrected chi connectivity index (χ3v) is 5.70. The number of hydrogen-bond acceptors (Lipinski definition) is 6. The quantitative estimate of drug-likeness (QED) is 0.424. The molecule has 0 spiro atoms. The molecular formula is C24H20N2O6. The van der Waals surface area contributed by atoms with E-state index in [1.807, 2.05) is 24.4 Å². The van der Waals surface area contributed by atoms with Gasteiger partial charge in [0.05, 0.1) is 25.2 Å². The molecule has 0 bridgehead atoms. The number of fused-ring (bicyclic) bond motifs is 1. The number of H-pyrrole nitrogens is 1. The molecule has 8 heteroatoms. The number of benzene rings is 1. The molecule has 0 saturated heterocycles. The molecule has 5 rings (SSSR count). The van der Waals surface area contributed by atoms with Crippen molar-refractivity contribution in [3.05, 3.63) is 89.6 Å². The number of carbonyl (C=O) groups excluding carboxylic acids is 2. The number of aromatic amines is 1. The number of nitrogens with zero attached hydrogens (tertiary/aromatic N) is 1. The zero-order valence-corrected chi connectivity index (χ0v) is 17.2. The van der Waals surface area contributed by atoms with Gasteiger partial charge >= 0.3 is 0 Å². The Hall–Kier alpha value is -4.20. The van der Waals surface area contributed by atoms with Gasteiger partial charge in [-0.05, 0) is 54.4 Å². The number of methoxy groups -OCH3 is 1. The zero-order valence-electron chi connectivity index (χ0n) is 17.2. The highest BCUT2D eigenvalue weighted by molar-refractivity contribution is 6.14. The maximum atomic E-state index is 13.0. The Bertz CT molecular complexity index is 1310. The third kappa shape index (κ3) is 3.17. The number of hydrogen-bond donors (Lipinski definition) is 2. The monoisotopic (exact) mass is 432 g/mol. The highest BCUT2D eigenvalue weighted by Gasteiger charge is 2.45. The summed E-state index contributed by atoms with van der Waals surface area (Å²) >= 11 is 0. The average molecular weight is 432 g/mol. The first-order chi connectivity index (χ1) is 15.6. The lowest BCUT2D eigenvalue weighted by molar-refractivity contribution is -0.129. The van der Waals surface area contributed by atoms with E-state index < -0.39 is 23.5 Å². The number of aliphatic hydroxyl groups is 1. The molecule has 1 amide bonds. The maximum absolute atomic E-state index is 13.0. The van der Waals surface area contributed by atoms with Crippen molar-refractivity contribution in [3.8, 4) is 5.75 Å². The van der Waals surface area contributed by atoms with Crippen molar-refractivity contribution >= 4 is 22.6 Å². The van der Waals surface area contributed by atoms with Crippen LogP contribution >= 0.6 is 0 Å². The highest BCUT2D eigenvalue weighted by atomic mass is 16.5. The molecule has 1 atom stereocenters. The molecule has 4 heterocycles. The fraction of sp³-hybridized carbons (Fsp3) is 0.167. The average Bonchev–Trinajstić information content (AvgIpc) is 3.60. The van der Waals surface area contributed by atoms with Crippen molar-refractivity contribution in [2.45, 2.75) is 12.5 Å². The summed E-state index contributed by atoms with van der Waals surface area (Å²) in [5, 5.41) is 11.6. The Kier molecular flexibility index (Phi) is 4.82. The van der Waals surface area contributed by atoms with Gasteiger partial charge in [-0.15, -0.1) is 0 Å². The van der Waals surface area contributed by atoms with Crippen molar-refractivity contribution in [1.29, 1.82) is 0 Å². The third-order valence-electron chi connectivity index (χ3n) is 5.70. The summed E-state index contributed by atoms with van der Waals surface area (Å²) in [6.07, 6.45) is 5.21. The molecule has 32 heavy (non-hydrogen) atoms. The predicted octanol–water partition coefficient (Wildman–Crippen LogP) is 4.18. The normalized spacial score (nSPS) is 16.3. The molecule has 1 aliphatic rings. The number of furan rings is 2. The van der Waals surface area contributed by atoms with E-state index in [4.69, 9.17) is 13.6 Å². The minimum Gasteiger partial charge on any atom is -0.503 e. The molecule has 1 aliphatic heterocycles.